The van der Waals surface area contributed by atoms with Gasteiger partial charge in [-0.2, -0.15) is 0 Å². The molecule has 0 spiro atoms. The van der Waals surface area contributed by atoms with Crippen molar-refractivity contribution >= 4 is 6.08 Å². The van der Waals surface area contributed by atoms with Crippen molar-refractivity contribution in [2.24, 2.45) is 0 Å². The van der Waals surface area contributed by atoms with E-state index in [2.05, 4.69) is 4.98 Å². The fraction of sp³-hybridized carbons (Fsp3) is 0.267. The summed E-state index contributed by atoms with van der Waals surface area (Å²) in [6.07, 6.45) is 7.28. The summed E-state index contributed by atoms with van der Waals surface area (Å²) in [6, 6.07) is 0. The molecule has 0 atom stereocenters. The van der Waals surface area contributed by atoms with Crippen LogP contribution in [-0.4, -0.2) is 15.2 Å². The first-order valence-electron chi connectivity index (χ1n) is 6.09. The van der Waals surface area contributed by atoms with E-state index >= 15 is 0 Å². The van der Waals surface area contributed by atoms with E-state index in [4.69, 9.17) is 4.42 Å². The highest BCUT2D eigenvalue weighted by Gasteiger charge is 2.14. The van der Waals surface area contributed by atoms with Crippen molar-refractivity contribution in [3.05, 3.63) is 46.7 Å². The minimum atomic E-state index is 0.205. The summed E-state index contributed by atoms with van der Waals surface area (Å²) in [5.41, 5.74) is 2.70. The Kier molecular flexibility index (Phi) is 3.60. The van der Waals surface area contributed by atoms with Gasteiger partial charge in [0.2, 0.25) is 0 Å². The van der Waals surface area contributed by atoms with E-state index in [0.29, 0.717) is 34.6 Å². The van der Waals surface area contributed by atoms with Gasteiger partial charge in [0.15, 0.2) is 5.89 Å². The minimum absolute atomic E-state index is 0.205. The van der Waals surface area contributed by atoms with E-state index in [0.717, 1.165) is 0 Å². The van der Waals surface area contributed by atoms with E-state index in [1.165, 1.54) is 6.26 Å². The van der Waals surface area contributed by atoms with E-state index in [-0.39, 0.29) is 11.5 Å². The first-order valence-corrected chi connectivity index (χ1v) is 6.09. The van der Waals surface area contributed by atoms with E-state index < -0.39 is 0 Å². The molecule has 4 nitrogen and oxygen atoms in total. The van der Waals surface area contributed by atoms with Crippen LogP contribution in [0.2, 0.25) is 0 Å². The lowest BCUT2D eigenvalue weighted by molar-refractivity contribution is 0.448. The van der Waals surface area contributed by atoms with Crippen LogP contribution in [0.4, 0.5) is 0 Å². The van der Waals surface area contributed by atoms with Gasteiger partial charge in [-0.25, -0.2) is 4.98 Å². The summed E-state index contributed by atoms with van der Waals surface area (Å²) in [5, 5.41) is 20.1. The zero-order valence-electron chi connectivity index (χ0n) is 11.3. The van der Waals surface area contributed by atoms with Gasteiger partial charge in [0, 0.05) is 17.5 Å². The molecule has 0 aliphatic heterocycles. The largest absolute Gasteiger partial charge is 0.507 e. The molecule has 2 rings (SSSR count). The molecule has 0 fully saturated rings. The van der Waals surface area contributed by atoms with Crippen molar-refractivity contribution in [1.29, 1.82) is 0 Å². The van der Waals surface area contributed by atoms with Crippen molar-refractivity contribution in [2.45, 2.75) is 27.2 Å². The van der Waals surface area contributed by atoms with Crippen molar-refractivity contribution < 1.29 is 14.6 Å². The average molecular weight is 259 g/mol. The first-order chi connectivity index (χ1) is 9.02. The fourth-order valence-electron chi connectivity index (χ4n) is 1.98. The SMILES string of the molecule is Cc1c(C)c(O)c(/C=C/Cc2ncco2)c(C)c1O. The van der Waals surface area contributed by atoms with Crippen LogP contribution in [0, 0.1) is 20.8 Å². The Hall–Kier alpha value is -2.23. The topological polar surface area (TPSA) is 66.5 Å². The Labute approximate surface area is 112 Å². The number of allylic oxidation sites excluding steroid dienone is 1. The summed E-state index contributed by atoms with van der Waals surface area (Å²) in [7, 11) is 0. The normalized spacial score (nSPS) is 11.3. The van der Waals surface area contributed by atoms with Crippen LogP contribution in [0.5, 0.6) is 11.5 Å². The number of hydrogen-bond donors (Lipinski definition) is 2. The molecule has 0 amide bonds. The summed E-state index contributed by atoms with van der Waals surface area (Å²) in [4.78, 5) is 4.01. The molecular formula is C15H17NO3. The average Bonchev–Trinajstić information content (AvgIpc) is 2.91. The predicted molar refractivity (Wildman–Crippen MR) is 73.2 cm³/mol. The Morgan fingerprint density at radius 3 is 2.42 bits per heavy atom. The summed E-state index contributed by atoms with van der Waals surface area (Å²) in [6.45, 7) is 5.36. The monoisotopic (exact) mass is 259 g/mol. The minimum Gasteiger partial charge on any atom is -0.507 e. The van der Waals surface area contributed by atoms with E-state index in [1.807, 2.05) is 6.08 Å². The highest BCUT2D eigenvalue weighted by molar-refractivity contribution is 5.68. The van der Waals surface area contributed by atoms with Gasteiger partial charge in [0.1, 0.15) is 17.8 Å². The van der Waals surface area contributed by atoms with Crippen LogP contribution >= 0.6 is 0 Å². The van der Waals surface area contributed by atoms with Gasteiger partial charge in [-0.3, -0.25) is 0 Å². The number of aromatic hydroxyl groups is 2. The number of nitrogens with zero attached hydrogens (tertiary/aromatic N) is 1. The predicted octanol–water partition coefficient (Wildman–Crippen LogP) is 3.27. The van der Waals surface area contributed by atoms with Gasteiger partial charge in [0.05, 0.1) is 6.20 Å². The molecule has 2 N–H and O–H groups in total. The summed E-state index contributed by atoms with van der Waals surface area (Å²) >= 11 is 0. The molecule has 1 aromatic heterocycles. The van der Waals surface area contributed by atoms with Crippen LogP contribution in [-0.2, 0) is 6.42 Å². The van der Waals surface area contributed by atoms with Crippen LogP contribution in [0.1, 0.15) is 28.1 Å². The Morgan fingerprint density at radius 1 is 1.11 bits per heavy atom. The number of oxazole rings is 1. The first kappa shape index (κ1) is 13.2. The van der Waals surface area contributed by atoms with Gasteiger partial charge in [-0.15, -0.1) is 0 Å². The number of benzene rings is 1. The van der Waals surface area contributed by atoms with E-state index in [1.54, 1.807) is 33.0 Å². The third kappa shape index (κ3) is 2.47. The second-order valence-corrected chi connectivity index (χ2v) is 4.52. The lowest BCUT2D eigenvalue weighted by Gasteiger charge is -2.13. The number of phenols is 2. The van der Waals surface area contributed by atoms with Crippen LogP contribution in [0.3, 0.4) is 0 Å². The van der Waals surface area contributed by atoms with Crippen LogP contribution < -0.4 is 0 Å². The number of hydrogen-bond acceptors (Lipinski definition) is 4. The molecule has 0 saturated carbocycles. The molecule has 2 aromatic rings. The number of rotatable bonds is 3. The van der Waals surface area contributed by atoms with Crippen molar-refractivity contribution in [1.82, 2.24) is 4.98 Å². The molecule has 0 unspecified atom stereocenters. The molecule has 0 aliphatic rings. The standard InChI is InChI=1S/C15H17NO3/c1-9-10(2)15(18)12(11(3)14(9)17)5-4-6-13-16-7-8-19-13/h4-5,7-8,17-18H,6H2,1-3H3/b5-4+. The summed E-state index contributed by atoms with van der Waals surface area (Å²) in [5.74, 6) is 1.05. The lowest BCUT2D eigenvalue weighted by Crippen LogP contribution is -1.92. The van der Waals surface area contributed by atoms with E-state index in [9.17, 15) is 10.2 Å². The Morgan fingerprint density at radius 2 is 1.79 bits per heavy atom. The van der Waals surface area contributed by atoms with Gasteiger partial charge >= 0.3 is 0 Å². The molecule has 100 valence electrons. The molecule has 1 heterocycles. The smallest absolute Gasteiger partial charge is 0.197 e. The fourth-order valence-corrected chi connectivity index (χ4v) is 1.98. The summed E-state index contributed by atoms with van der Waals surface area (Å²) < 4.78 is 5.12. The molecule has 0 saturated heterocycles. The molecular weight excluding hydrogens is 242 g/mol. The third-order valence-corrected chi connectivity index (χ3v) is 3.35. The molecule has 0 bridgehead atoms. The maximum absolute atomic E-state index is 10.1. The van der Waals surface area contributed by atoms with Crippen molar-refractivity contribution in [2.75, 3.05) is 0 Å². The highest BCUT2D eigenvalue weighted by atomic mass is 16.3. The maximum Gasteiger partial charge on any atom is 0.197 e. The van der Waals surface area contributed by atoms with Gasteiger partial charge in [0.25, 0.3) is 0 Å². The second kappa shape index (κ2) is 5.18. The zero-order chi connectivity index (χ0) is 14.0. The highest BCUT2D eigenvalue weighted by Crippen LogP contribution is 2.36. The maximum atomic E-state index is 10.1. The number of aromatic nitrogens is 1. The Bertz CT molecular complexity index is 584. The molecule has 0 aliphatic carbocycles. The van der Waals surface area contributed by atoms with Crippen molar-refractivity contribution in [3.63, 3.8) is 0 Å². The van der Waals surface area contributed by atoms with Crippen molar-refractivity contribution in [3.8, 4) is 11.5 Å². The lowest BCUT2D eigenvalue weighted by atomic mass is 9.97. The quantitative estimate of drug-likeness (QED) is 0.830. The molecule has 19 heavy (non-hydrogen) atoms. The van der Waals surface area contributed by atoms with Gasteiger partial charge in [-0.1, -0.05) is 12.2 Å². The van der Waals surface area contributed by atoms with Crippen LogP contribution in [0.15, 0.2) is 23.0 Å². The van der Waals surface area contributed by atoms with Gasteiger partial charge < -0.3 is 14.6 Å². The van der Waals surface area contributed by atoms with Gasteiger partial charge in [-0.05, 0) is 31.9 Å². The Balaban J connectivity index is 2.32. The molecule has 4 heteroatoms. The second-order valence-electron chi connectivity index (χ2n) is 4.52. The molecule has 0 radical (unpaired) electrons. The zero-order valence-corrected chi connectivity index (χ0v) is 11.3. The third-order valence-electron chi connectivity index (χ3n) is 3.35. The number of phenolic OH excluding ortho intramolecular Hbond substituents is 2. The van der Waals surface area contributed by atoms with Crippen LogP contribution in [0.25, 0.3) is 6.08 Å². The molecule has 1 aromatic carbocycles.